The summed E-state index contributed by atoms with van der Waals surface area (Å²) in [6.45, 7) is 3.63. The van der Waals surface area contributed by atoms with E-state index in [2.05, 4.69) is 27.2 Å². The van der Waals surface area contributed by atoms with Crippen LogP contribution < -0.4 is 0 Å². The molecule has 1 fully saturated rings. The zero-order chi connectivity index (χ0) is 18.8. The van der Waals surface area contributed by atoms with Crippen molar-refractivity contribution in [3.63, 3.8) is 0 Å². The van der Waals surface area contributed by atoms with Gasteiger partial charge in [0.15, 0.2) is 5.82 Å². The lowest BCUT2D eigenvalue weighted by atomic mass is 9.98. The van der Waals surface area contributed by atoms with E-state index >= 15 is 0 Å². The van der Waals surface area contributed by atoms with E-state index in [0.29, 0.717) is 17.3 Å². The number of aryl methyl sites for hydroxylation is 1. The zero-order valence-corrected chi connectivity index (χ0v) is 15.1. The van der Waals surface area contributed by atoms with Crippen molar-refractivity contribution in [2.75, 3.05) is 6.54 Å². The van der Waals surface area contributed by atoms with Gasteiger partial charge < -0.3 is 9.63 Å². The van der Waals surface area contributed by atoms with E-state index in [4.69, 9.17) is 4.52 Å². The molecular weight excluding hydrogens is 342 g/mol. The van der Waals surface area contributed by atoms with Crippen LogP contribution in [0.2, 0.25) is 0 Å². The highest BCUT2D eigenvalue weighted by atomic mass is 16.5. The Labute approximate surface area is 157 Å². The van der Waals surface area contributed by atoms with E-state index in [1.165, 1.54) is 5.56 Å². The number of hydrogen-bond donors (Lipinski definition) is 1. The summed E-state index contributed by atoms with van der Waals surface area (Å²) in [5.41, 5.74) is 3.13. The van der Waals surface area contributed by atoms with Gasteiger partial charge in [0.1, 0.15) is 0 Å². The molecule has 1 atom stereocenters. The normalized spacial score (nSPS) is 17.3. The lowest BCUT2D eigenvalue weighted by Crippen LogP contribution is -2.23. The zero-order valence-electron chi connectivity index (χ0n) is 15.1. The van der Waals surface area contributed by atoms with E-state index in [0.717, 1.165) is 37.1 Å². The minimum atomic E-state index is -0.913. The van der Waals surface area contributed by atoms with Crippen LogP contribution in [0.4, 0.5) is 0 Å². The predicted octanol–water partition coefficient (Wildman–Crippen LogP) is 4.08. The topological polar surface area (TPSA) is 79.5 Å². The van der Waals surface area contributed by atoms with E-state index in [-0.39, 0.29) is 6.04 Å². The number of benzene rings is 2. The van der Waals surface area contributed by atoms with Crippen molar-refractivity contribution in [1.82, 2.24) is 15.0 Å². The molecule has 0 saturated carbocycles. The average molecular weight is 363 g/mol. The fourth-order valence-electron chi connectivity index (χ4n) is 3.69. The van der Waals surface area contributed by atoms with E-state index in [1.807, 2.05) is 31.2 Å². The summed E-state index contributed by atoms with van der Waals surface area (Å²) in [4.78, 5) is 18.2. The smallest absolute Gasteiger partial charge is 0.336 e. The standard InChI is InChI=1S/C21H21N3O3/c1-14-22-20(27-23-14)19-7-4-12-24(19)13-15-8-10-16(11-9-15)17-5-2-3-6-18(17)21(25)26/h2-3,5-6,8-11,19H,4,7,12-13H2,1H3,(H,25,26)/t19-/m1/s1. The number of aromatic nitrogens is 2. The van der Waals surface area contributed by atoms with Crippen LogP contribution in [0.15, 0.2) is 53.1 Å². The number of likely N-dealkylation sites (tertiary alicyclic amines) is 1. The van der Waals surface area contributed by atoms with Crippen molar-refractivity contribution in [3.8, 4) is 11.1 Å². The number of carbonyl (C=O) groups is 1. The molecule has 6 heteroatoms. The summed E-state index contributed by atoms with van der Waals surface area (Å²) >= 11 is 0. The number of aromatic carboxylic acids is 1. The van der Waals surface area contributed by atoms with Gasteiger partial charge in [-0.05, 0) is 49.1 Å². The van der Waals surface area contributed by atoms with Crippen LogP contribution in [0.1, 0.15) is 46.5 Å². The molecule has 1 aliphatic rings. The fraction of sp³-hybridized carbons (Fsp3) is 0.286. The molecule has 138 valence electrons. The molecule has 0 spiro atoms. The minimum Gasteiger partial charge on any atom is -0.478 e. The molecule has 0 aliphatic carbocycles. The van der Waals surface area contributed by atoms with Crippen LogP contribution in [-0.2, 0) is 6.54 Å². The highest BCUT2D eigenvalue weighted by Gasteiger charge is 2.30. The Bertz CT molecular complexity index is 949. The first-order valence-corrected chi connectivity index (χ1v) is 9.08. The monoisotopic (exact) mass is 363 g/mol. The Hall–Kier alpha value is -2.99. The van der Waals surface area contributed by atoms with Crippen molar-refractivity contribution < 1.29 is 14.4 Å². The van der Waals surface area contributed by atoms with Gasteiger partial charge in [-0.15, -0.1) is 0 Å². The van der Waals surface area contributed by atoms with Gasteiger partial charge in [-0.25, -0.2) is 4.79 Å². The van der Waals surface area contributed by atoms with Crippen LogP contribution in [0.3, 0.4) is 0 Å². The molecule has 0 bridgehead atoms. The Morgan fingerprint density at radius 3 is 2.70 bits per heavy atom. The molecule has 0 amide bonds. The lowest BCUT2D eigenvalue weighted by molar-refractivity contribution is 0.0697. The minimum absolute atomic E-state index is 0.165. The third-order valence-electron chi connectivity index (χ3n) is 5.00. The molecule has 1 N–H and O–H groups in total. The van der Waals surface area contributed by atoms with Gasteiger partial charge in [0.05, 0.1) is 11.6 Å². The van der Waals surface area contributed by atoms with Crippen molar-refractivity contribution in [2.45, 2.75) is 32.4 Å². The van der Waals surface area contributed by atoms with Crippen LogP contribution >= 0.6 is 0 Å². The van der Waals surface area contributed by atoms with Crippen LogP contribution in [0.25, 0.3) is 11.1 Å². The summed E-state index contributed by atoms with van der Waals surface area (Å²) in [6.07, 6.45) is 2.13. The van der Waals surface area contributed by atoms with Crippen molar-refractivity contribution >= 4 is 5.97 Å². The molecule has 3 aromatic rings. The maximum Gasteiger partial charge on any atom is 0.336 e. The number of nitrogens with zero attached hydrogens (tertiary/aromatic N) is 3. The van der Waals surface area contributed by atoms with Crippen molar-refractivity contribution in [3.05, 3.63) is 71.4 Å². The first-order chi connectivity index (χ1) is 13.1. The highest BCUT2D eigenvalue weighted by Crippen LogP contribution is 2.32. The summed E-state index contributed by atoms with van der Waals surface area (Å²) in [6, 6.07) is 15.3. The van der Waals surface area contributed by atoms with Gasteiger partial charge in [0, 0.05) is 6.54 Å². The lowest BCUT2D eigenvalue weighted by Gasteiger charge is -2.21. The van der Waals surface area contributed by atoms with Gasteiger partial charge >= 0.3 is 5.97 Å². The molecule has 27 heavy (non-hydrogen) atoms. The SMILES string of the molecule is Cc1noc([C@H]2CCCN2Cc2ccc(-c3ccccc3C(=O)O)cc2)n1. The molecule has 2 aromatic carbocycles. The molecule has 1 aromatic heterocycles. The second-order valence-electron chi connectivity index (χ2n) is 6.86. The number of carboxylic acids is 1. The number of rotatable bonds is 5. The fourth-order valence-corrected chi connectivity index (χ4v) is 3.69. The maximum atomic E-state index is 11.4. The van der Waals surface area contributed by atoms with Crippen molar-refractivity contribution in [2.24, 2.45) is 0 Å². The van der Waals surface area contributed by atoms with E-state index < -0.39 is 5.97 Å². The van der Waals surface area contributed by atoms with Gasteiger partial charge in [-0.1, -0.05) is 47.6 Å². The van der Waals surface area contributed by atoms with Gasteiger partial charge in [-0.3, -0.25) is 4.90 Å². The summed E-state index contributed by atoms with van der Waals surface area (Å²) in [5, 5.41) is 13.3. The van der Waals surface area contributed by atoms with Crippen LogP contribution in [0, 0.1) is 6.92 Å². The molecule has 2 heterocycles. The first-order valence-electron chi connectivity index (χ1n) is 9.08. The summed E-state index contributed by atoms with van der Waals surface area (Å²) < 4.78 is 5.37. The quantitative estimate of drug-likeness (QED) is 0.736. The highest BCUT2D eigenvalue weighted by molar-refractivity contribution is 5.95. The number of hydrogen-bond acceptors (Lipinski definition) is 5. The Balaban J connectivity index is 1.52. The maximum absolute atomic E-state index is 11.4. The predicted molar refractivity (Wildman–Crippen MR) is 100 cm³/mol. The largest absolute Gasteiger partial charge is 0.478 e. The molecule has 0 unspecified atom stereocenters. The van der Waals surface area contributed by atoms with E-state index in [1.54, 1.807) is 12.1 Å². The molecule has 6 nitrogen and oxygen atoms in total. The Kier molecular flexibility index (Phi) is 4.73. The molecule has 1 saturated heterocycles. The van der Waals surface area contributed by atoms with Gasteiger partial charge in [0.2, 0.25) is 5.89 Å². The molecule has 1 aliphatic heterocycles. The van der Waals surface area contributed by atoms with E-state index in [9.17, 15) is 9.90 Å². The summed E-state index contributed by atoms with van der Waals surface area (Å²) in [5.74, 6) is 0.444. The first kappa shape index (κ1) is 17.4. The second kappa shape index (κ2) is 7.32. The Morgan fingerprint density at radius 1 is 1.22 bits per heavy atom. The van der Waals surface area contributed by atoms with Gasteiger partial charge in [0.25, 0.3) is 0 Å². The third kappa shape index (κ3) is 3.61. The average Bonchev–Trinajstić information content (AvgIpc) is 3.31. The second-order valence-corrected chi connectivity index (χ2v) is 6.86. The third-order valence-corrected chi connectivity index (χ3v) is 5.00. The van der Waals surface area contributed by atoms with Crippen LogP contribution in [0.5, 0.6) is 0 Å². The molecule has 0 radical (unpaired) electrons. The number of carboxylic acid groups (broad SMARTS) is 1. The van der Waals surface area contributed by atoms with Gasteiger partial charge in [-0.2, -0.15) is 4.98 Å². The molecular formula is C21H21N3O3. The van der Waals surface area contributed by atoms with Crippen LogP contribution in [-0.4, -0.2) is 32.7 Å². The van der Waals surface area contributed by atoms with Crippen molar-refractivity contribution in [1.29, 1.82) is 0 Å². The summed E-state index contributed by atoms with van der Waals surface area (Å²) in [7, 11) is 0. The Morgan fingerprint density at radius 2 is 2.00 bits per heavy atom. The molecule has 4 rings (SSSR count).